The molecule has 2 aliphatic rings. The van der Waals surface area contributed by atoms with Gasteiger partial charge in [0.2, 0.25) is 10.0 Å². The highest BCUT2D eigenvalue weighted by molar-refractivity contribution is 7.88. The van der Waals surface area contributed by atoms with Crippen molar-refractivity contribution in [3.05, 3.63) is 17.6 Å². The first-order valence-corrected chi connectivity index (χ1v) is 9.87. The van der Waals surface area contributed by atoms with E-state index in [1.807, 2.05) is 13.0 Å². The largest absolute Gasteiger partial charge is 0.367 e. The summed E-state index contributed by atoms with van der Waals surface area (Å²) in [7, 11) is -3.22. The van der Waals surface area contributed by atoms with E-state index in [0.717, 1.165) is 24.4 Å². The summed E-state index contributed by atoms with van der Waals surface area (Å²) >= 11 is 0. The lowest BCUT2D eigenvalue weighted by Gasteiger charge is -2.22. The summed E-state index contributed by atoms with van der Waals surface area (Å²) in [6.45, 7) is 2.50. The van der Waals surface area contributed by atoms with Crippen LogP contribution in [0.5, 0.6) is 0 Å². The maximum atomic E-state index is 11.9. The van der Waals surface area contributed by atoms with E-state index in [0.29, 0.717) is 18.4 Å². The number of aromatic nitrogens is 2. The van der Waals surface area contributed by atoms with Crippen molar-refractivity contribution < 1.29 is 8.42 Å². The molecule has 0 aromatic carbocycles. The maximum absolute atomic E-state index is 11.9. The summed E-state index contributed by atoms with van der Waals surface area (Å²) in [6, 6.07) is 2.21. The second kappa shape index (κ2) is 6.12. The fourth-order valence-electron chi connectivity index (χ4n) is 3.49. The monoisotopic (exact) mass is 324 g/mol. The van der Waals surface area contributed by atoms with Crippen LogP contribution in [0.2, 0.25) is 0 Å². The molecule has 0 radical (unpaired) electrons. The number of hydrogen-bond donors (Lipinski definition) is 1. The van der Waals surface area contributed by atoms with E-state index < -0.39 is 10.0 Å². The Morgan fingerprint density at radius 1 is 1.18 bits per heavy atom. The smallest absolute Gasteiger partial charge is 0.211 e. The molecule has 2 fully saturated rings. The molecule has 0 amide bonds. The van der Waals surface area contributed by atoms with Gasteiger partial charge >= 0.3 is 0 Å². The Morgan fingerprint density at radius 3 is 2.59 bits per heavy atom. The highest BCUT2D eigenvalue weighted by Gasteiger charge is 2.34. The van der Waals surface area contributed by atoms with Gasteiger partial charge in [-0.2, -0.15) is 4.31 Å². The molecule has 7 heteroatoms. The molecule has 2 heterocycles. The minimum atomic E-state index is -3.22. The molecule has 1 atom stereocenters. The number of nitrogens with one attached hydrogen (secondary N) is 1. The first kappa shape index (κ1) is 15.7. The number of nitrogens with zero attached hydrogens (tertiary/aromatic N) is 3. The zero-order valence-corrected chi connectivity index (χ0v) is 14.1. The summed E-state index contributed by atoms with van der Waals surface area (Å²) in [6.07, 6.45) is 7.80. The van der Waals surface area contributed by atoms with Gasteiger partial charge in [-0.1, -0.05) is 12.8 Å². The van der Waals surface area contributed by atoms with Gasteiger partial charge in [-0.05, 0) is 32.6 Å². The van der Waals surface area contributed by atoms with Crippen LogP contribution in [0.1, 0.15) is 56.1 Å². The van der Waals surface area contributed by atoms with Crippen molar-refractivity contribution in [1.82, 2.24) is 14.3 Å². The molecule has 1 saturated carbocycles. The molecule has 1 aromatic rings. The Balaban J connectivity index is 1.85. The van der Waals surface area contributed by atoms with Crippen LogP contribution >= 0.6 is 0 Å². The van der Waals surface area contributed by atoms with E-state index in [9.17, 15) is 8.42 Å². The predicted octanol–water partition coefficient (Wildman–Crippen LogP) is 2.24. The molecule has 1 aromatic heterocycles. The van der Waals surface area contributed by atoms with Crippen molar-refractivity contribution in [3.63, 3.8) is 0 Å². The predicted molar refractivity (Wildman–Crippen MR) is 86.2 cm³/mol. The van der Waals surface area contributed by atoms with E-state index in [1.54, 1.807) is 0 Å². The van der Waals surface area contributed by atoms with Crippen molar-refractivity contribution in [2.45, 2.75) is 57.5 Å². The van der Waals surface area contributed by atoms with Crippen LogP contribution < -0.4 is 5.32 Å². The van der Waals surface area contributed by atoms with Crippen LogP contribution in [-0.2, 0) is 10.0 Å². The number of aryl methyl sites for hydroxylation is 1. The minimum Gasteiger partial charge on any atom is -0.367 e. The molecule has 22 heavy (non-hydrogen) atoms. The van der Waals surface area contributed by atoms with Crippen molar-refractivity contribution in [1.29, 1.82) is 0 Å². The molecule has 0 spiro atoms. The zero-order valence-electron chi connectivity index (χ0n) is 13.2. The normalized spacial score (nSPS) is 24.0. The summed E-state index contributed by atoms with van der Waals surface area (Å²) in [5.74, 6) is 1.46. The Hall–Kier alpha value is -1.21. The van der Waals surface area contributed by atoms with Crippen LogP contribution in [0, 0.1) is 6.92 Å². The summed E-state index contributed by atoms with van der Waals surface area (Å²) in [4.78, 5) is 9.11. The van der Waals surface area contributed by atoms with Crippen LogP contribution in [0.25, 0.3) is 0 Å². The van der Waals surface area contributed by atoms with Gasteiger partial charge in [0, 0.05) is 24.3 Å². The van der Waals surface area contributed by atoms with Gasteiger partial charge in [-0.25, -0.2) is 18.4 Å². The minimum absolute atomic E-state index is 0.223. The standard InChI is InChI=1S/C15H24N4O2S/c1-11-10-14(17-12-6-3-4-7-12)18-15(16-11)13-8-5-9-19(13)22(2,20)21/h10,12-13H,3-9H2,1-2H3,(H,16,17,18). The Kier molecular flexibility index (Phi) is 4.36. The molecular weight excluding hydrogens is 300 g/mol. The van der Waals surface area contributed by atoms with Gasteiger partial charge in [-0.3, -0.25) is 0 Å². The number of rotatable bonds is 4. The molecule has 1 unspecified atom stereocenters. The fourth-order valence-corrected chi connectivity index (χ4v) is 4.61. The third kappa shape index (κ3) is 3.41. The Labute approximate surface area is 132 Å². The third-order valence-electron chi connectivity index (χ3n) is 4.51. The van der Waals surface area contributed by atoms with Crippen LogP contribution in [0.4, 0.5) is 5.82 Å². The van der Waals surface area contributed by atoms with Crippen LogP contribution in [0.3, 0.4) is 0 Å². The van der Waals surface area contributed by atoms with Gasteiger partial charge in [-0.15, -0.1) is 0 Å². The van der Waals surface area contributed by atoms with Gasteiger partial charge in [0.15, 0.2) is 0 Å². The lowest BCUT2D eigenvalue weighted by Crippen LogP contribution is -2.30. The molecule has 1 aliphatic carbocycles. The highest BCUT2D eigenvalue weighted by Crippen LogP contribution is 2.32. The van der Waals surface area contributed by atoms with Crippen molar-refractivity contribution in [2.24, 2.45) is 0 Å². The molecule has 0 bridgehead atoms. The SMILES string of the molecule is Cc1cc(NC2CCCC2)nc(C2CCCN2S(C)(=O)=O)n1. The number of anilines is 1. The van der Waals surface area contributed by atoms with E-state index >= 15 is 0 Å². The van der Waals surface area contributed by atoms with Gasteiger partial charge < -0.3 is 5.32 Å². The summed E-state index contributed by atoms with van der Waals surface area (Å²) in [5, 5.41) is 3.48. The third-order valence-corrected chi connectivity index (χ3v) is 5.80. The van der Waals surface area contributed by atoms with Gasteiger partial charge in [0.25, 0.3) is 0 Å². The Bertz CT molecular complexity index is 641. The quantitative estimate of drug-likeness (QED) is 0.919. The zero-order chi connectivity index (χ0) is 15.7. The fraction of sp³-hybridized carbons (Fsp3) is 0.733. The summed E-state index contributed by atoms with van der Waals surface area (Å²) < 4.78 is 25.4. The lowest BCUT2D eigenvalue weighted by atomic mass is 10.2. The van der Waals surface area contributed by atoms with E-state index in [-0.39, 0.29) is 6.04 Å². The Morgan fingerprint density at radius 2 is 1.91 bits per heavy atom. The van der Waals surface area contributed by atoms with Crippen molar-refractivity contribution in [3.8, 4) is 0 Å². The second-order valence-corrected chi connectivity index (χ2v) is 8.35. The average molecular weight is 324 g/mol. The van der Waals surface area contributed by atoms with Crippen molar-refractivity contribution in [2.75, 3.05) is 18.1 Å². The van der Waals surface area contributed by atoms with E-state index in [4.69, 9.17) is 0 Å². The van der Waals surface area contributed by atoms with E-state index in [1.165, 1.54) is 36.2 Å². The number of hydrogen-bond acceptors (Lipinski definition) is 5. The van der Waals surface area contributed by atoms with Crippen LogP contribution in [0.15, 0.2) is 6.07 Å². The number of sulfonamides is 1. The van der Waals surface area contributed by atoms with Gasteiger partial charge in [0.1, 0.15) is 11.6 Å². The topological polar surface area (TPSA) is 75.2 Å². The first-order valence-electron chi connectivity index (χ1n) is 8.02. The maximum Gasteiger partial charge on any atom is 0.211 e. The molecule has 1 saturated heterocycles. The second-order valence-electron chi connectivity index (χ2n) is 6.41. The average Bonchev–Trinajstić information content (AvgIpc) is 3.07. The highest BCUT2D eigenvalue weighted by atomic mass is 32.2. The molecule has 1 aliphatic heterocycles. The molecule has 3 rings (SSSR count). The summed E-state index contributed by atoms with van der Waals surface area (Å²) in [5.41, 5.74) is 0.880. The molecule has 122 valence electrons. The molecular formula is C15H24N4O2S. The van der Waals surface area contributed by atoms with Gasteiger partial charge in [0.05, 0.1) is 12.3 Å². The first-order chi connectivity index (χ1) is 10.4. The van der Waals surface area contributed by atoms with Crippen molar-refractivity contribution >= 4 is 15.8 Å². The van der Waals surface area contributed by atoms with Crippen LogP contribution in [-0.4, -0.2) is 41.5 Å². The molecule has 6 nitrogen and oxygen atoms in total. The molecule has 1 N–H and O–H groups in total. The van der Waals surface area contributed by atoms with E-state index in [2.05, 4.69) is 15.3 Å². The lowest BCUT2D eigenvalue weighted by molar-refractivity contribution is 0.386.